The second-order valence-corrected chi connectivity index (χ2v) is 4.39. The van der Waals surface area contributed by atoms with Gasteiger partial charge in [0, 0.05) is 20.2 Å². The summed E-state index contributed by atoms with van der Waals surface area (Å²) >= 11 is 0. The molecule has 7 heteroatoms. The van der Waals surface area contributed by atoms with Gasteiger partial charge in [0.15, 0.2) is 5.82 Å². The highest BCUT2D eigenvalue weighted by Gasteiger charge is 2.00. The highest BCUT2D eigenvalue weighted by molar-refractivity contribution is 5.36. The van der Waals surface area contributed by atoms with Gasteiger partial charge in [0.2, 0.25) is 5.95 Å². The molecule has 1 heterocycles. The molecule has 0 atom stereocenters. The van der Waals surface area contributed by atoms with Gasteiger partial charge in [-0.3, -0.25) is 0 Å². The molecule has 0 bridgehead atoms. The van der Waals surface area contributed by atoms with Crippen LogP contribution in [-0.4, -0.2) is 42.0 Å². The Kier molecular flexibility index (Phi) is 5.83. The third kappa shape index (κ3) is 5.31. The van der Waals surface area contributed by atoms with Crippen molar-refractivity contribution in [1.82, 2.24) is 15.2 Å². The Balaban J connectivity index is 1.79. The summed E-state index contributed by atoms with van der Waals surface area (Å²) in [5.41, 5.74) is 1.05. The lowest BCUT2D eigenvalue weighted by Gasteiger charge is -2.07. The third-order valence-electron chi connectivity index (χ3n) is 2.78. The van der Waals surface area contributed by atoms with E-state index in [9.17, 15) is 4.39 Å². The summed E-state index contributed by atoms with van der Waals surface area (Å²) in [6.07, 6.45) is 2.31. The van der Waals surface area contributed by atoms with Crippen LogP contribution in [0.5, 0.6) is 0 Å². The van der Waals surface area contributed by atoms with E-state index in [-0.39, 0.29) is 5.82 Å². The van der Waals surface area contributed by atoms with E-state index in [2.05, 4.69) is 25.8 Å². The largest absolute Gasteiger partial charge is 0.383 e. The molecule has 2 N–H and O–H groups in total. The molecule has 1 aromatic carbocycles. The Hall–Kier alpha value is -2.28. The zero-order valence-corrected chi connectivity index (χ0v) is 11.8. The van der Waals surface area contributed by atoms with Gasteiger partial charge in [-0.05, 0) is 24.1 Å². The molecule has 0 aliphatic carbocycles. The summed E-state index contributed by atoms with van der Waals surface area (Å²) in [5, 5.41) is 14.0. The lowest BCUT2D eigenvalue weighted by Crippen LogP contribution is -2.12. The first kappa shape index (κ1) is 15.1. The summed E-state index contributed by atoms with van der Waals surface area (Å²) in [6.45, 7) is 1.90. The maximum absolute atomic E-state index is 12.8. The van der Waals surface area contributed by atoms with Crippen LogP contribution in [0.3, 0.4) is 0 Å². The molecule has 1 aromatic heterocycles. The Morgan fingerprint density at radius 1 is 1.14 bits per heavy atom. The first-order valence-corrected chi connectivity index (χ1v) is 6.69. The van der Waals surface area contributed by atoms with Crippen LogP contribution in [0.25, 0.3) is 0 Å². The van der Waals surface area contributed by atoms with Gasteiger partial charge >= 0.3 is 0 Å². The van der Waals surface area contributed by atoms with E-state index in [4.69, 9.17) is 4.74 Å². The lowest BCUT2D eigenvalue weighted by atomic mass is 10.1. The molecule has 112 valence electrons. The Morgan fingerprint density at radius 3 is 2.71 bits per heavy atom. The molecule has 6 nitrogen and oxygen atoms in total. The molecule has 0 unspecified atom stereocenters. The molecular weight excluding hydrogens is 273 g/mol. The maximum Gasteiger partial charge on any atom is 0.244 e. The number of rotatable bonds is 8. The average Bonchev–Trinajstić information content (AvgIpc) is 2.50. The molecule has 0 saturated heterocycles. The van der Waals surface area contributed by atoms with Gasteiger partial charge in [-0.1, -0.05) is 12.1 Å². The molecule has 0 spiro atoms. The average molecular weight is 291 g/mol. The summed E-state index contributed by atoms with van der Waals surface area (Å²) in [4.78, 5) is 4.28. The van der Waals surface area contributed by atoms with E-state index in [0.29, 0.717) is 31.5 Å². The second-order valence-electron chi connectivity index (χ2n) is 4.39. The smallest absolute Gasteiger partial charge is 0.244 e. The van der Waals surface area contributed by atoms with Crippen LogP contribution in [0.4, 0.5) is 16.2 Å². The van der Waals surface area contributed by atoms with Crippen LogP contribution in [0.1, 0.15) is 5.56 Å². The SMILES string of the molecule is COCCNc1cnnc(NCCc2ccc(F)cc2)n1. The van der Waals surface area contributed by atoms with Gasteiger partial charge in [0.1, 0.15) is 5.82 Å². The van der Waals surface area contributed by atoms with Gasteiger partial charge in [0.25, 0.3) is 0 Å². The van der Waals surface area contributed by atoms with Crippen molar-refractivity contribution in [1.29, 1.82) is 0 Å². The van der Waals surface area contributed by atoms with Gasteiger partial charge in [0.05, 0.1) is 12.8 Å². The van der Waals surface area contributed by atoms with Crippen LogP contribution in [0.15, 0.2) is 30.5 Å². The Morgan fingerprint density at radius 2 is 1.95 bits per heavy atom. The van der Waals surface area contributed by atoms with E-state index in [1.165, 1.54) is 12.1 Å². The van der Waals surface area contributed by atoms with Crippen LogP contribution < -0.4 is 10.6 Å². The van der Waals surface area contributed by atoms with E-state index >= 15 is 0 Å². The molecule has 0 amide bonds. The fraction of sp³-hybridized carbons (Fsp3) is 0.357. The first-order chi connectivity index (χ1) is 10.3. The molecule has 0 saturated carbocycles. The minimum absolute atomic E-state index is 0.228. The van der Waals surface area contributed by atoms with E-state index in [1.54, 1.807) is 25.4 Å². The van der Waals surface area contributed by atoms with Gasteiger partial charge in [-0.15, -0.1) is 5.10 Å². The van der Waals surface area contributed by atoms with Crippen LogP contribution in [-0.2, 0) is 11.2 Å². The number of anilines is 2. The minimum atomic E-state index is -0.228. The summed E-state index contributed by atoms with van der Waals surface area (Å²) in [5.74, 6) is 0.875. The number of ether oxygens (including phenoxy) is 1. The van der Waals surface area contributed by atoms with Crippen molar-refractivity contribution in [2.24, 2.45) is 0 Å². The van der Waals surface area contributed by atoms with E-state index in [0.717, 1.165) is 12.0 Å². The van der Waals surface area contributed by atoms with Gasteiger partial charge < -0.3 is 15.4 Å². The molecule has 0 aliphatic rings. The molecule has 2 aromatic rings. The van der Waals surface area contributed by atoms with Gasteiger partial charge in [-0.25, -0.2) is 4.39 Å². The normalized spacial score (nSPS) is 10.4. The van der Waals surface area contributed by atoms with Crippen LogP contribution in [0, 0.1) is 5.82 Å². The number of halogens is 1. The van der Waals surface area contributed by atoms with Crippen molar-refractivity contribution in [3.8, 4) is 0 Å². The standard InChI is InChI=1S/C14H18FN5O/c1-21-9-8-16-13-10-18-20-14(19-13)17-7-6-11-2-4-12(15)5-3-11/h2-5,10H,6-9H2,1H3,(H2,16,17,19,20). The number of benzene rings is 1. The zero-order chi connectivity index (χ0) is 14.9. The van der Waals surface area contributed by atoms with Crippen LogP contribution in [0.2, 0.25) is 0 Å². The first-order valence-electron chi connectivity index (χ1n) is 6.69. The third-order valence-corrected chi connectivity index (χ3v) is 2.78. The Labute approximate surface area is 122 Å². The highest BCUT2D eigenvalue weighted by Crippen LogP contribution is 2.05. The fourth-order valence-electron chi connectivity index (χ4n) is 1.71. The number of methoxy groups -OCH3 is 1. The second kappa shape index (κ2) is 8.11. The predicted octanol–water partition coefficient (Wildman–Crippen LogP) is 1.72. The quantitative estimate of drug-likeness (QED) is 0.722. The summed E-state index contributed by atoms with van der Waals surface area (Å²) in [7, 11) is 1.64. The monoisotopic (exact) mass is 291 g/mol. The minimum Gasteiger partial charge on any atom is -0.383 e. The summed E-state index contributed by atoms with van der Waals surface area (Å²) in [6, 6.07) is 6.43. The van der Waals surface area contributed by atoms with Crippen molar-refractivity contribution < 1.29 is 9.13 Å². The van der Waals surface area contributed by atoms with Crippen molar-refractivity contribution >= 4 is 11.8 Å². The maximum atomic E-state index is 12.8. The van der Waals surface area contributed by atoms with E-state index in [1.807, 2.05) is 0 Å². The fourth-order valence-corrected chi connectivity index (χ4v) is 1.71. The van der Waals surface area contributed by atoms with Crippen molar-refractivity contribution in [3.05, 3.63) is 41.8 Å². The summed E-state index contributed by atoms with van der Waals surface area (Å²) < 4.78 is 17.7. The predicted molar refractivity (Wildman–Crippen MR) is 78.8 cm³/mol. The number of hydrogen-bond acceptors (Lipinski definition) is 6. The van der Waals surface area contributed by atoms with Gasteiger partial charge in [-0.2, -0.15) is 10.1 Å². The van der Waals surface area contributed by atoms with Crippen LogP contribution >= 0.6 is 0 Å². The molecule has 0 aliphatic heterocycles. The number of nitrogens with one attached hydrogen (secondary N) is 2. The molecule has 0 radical (unpaired) electrons. The topological polar surface area (TPSA) is 72.0 Å². The zero-order valence-electron chi connectivity index (χ0n) is 11.8. The number of aromatic nitrogens is 3. The number of hydrogen-bond donors (Lipinski definition) is 2. The van der Waals surface area contributed by atoms with Crippen molar-refractivity contribution in [2.45, 2.75) is 6.42 Å². The molecule has 21 heavy (non-hydrogen) atoms. The highest BCUT2D eigenvalue weighted by atomic mass is 19.1. The molecule has 2 rings (SSSR count). The lowest BCUT2D eigenvalue weighted by molar-refractivity contribution is 0.210. The Bertz CT molecular complexity index is 549. The van der Waals surface area contributed by atoms with Crippen molar-refractivity contribution in [2.75, 3.05) is 37.4 Å². The molecular formula is C14H18FN5O. The number of nitrogens with zero attached hydrogens (tertiary/aromatic N) is 3. The van der Waals surface area contributed by atoms with Crippen molar-refractivity contribution in [3.63, 3.8) is 0 Å². The molecule has 0 fully saturated rings. The van der Waals surface area contributed by atoms with E-state index < -0.39 is 0 Å².